The highest BCUT2D eigenvalue weighted by molar-refractivity contribution is 7.99. The number of nitrogens with one attached hydrogen (secondary N) is 1. The molecule has 2 aromatic carbocycles. The third-order valence-corrected chi connectivity index (χ3v) is 5.11. The number of carbonyl (C=O) groups excluding carboxylic acids is 1. The minimum Gasteiger partial charge on any atom is -0.351 e. The van der Waals surface area contributed by atoms with Gasteiger partial charge in [0.1, 0.15) is 0 Å². The number of nitrogens with zero attached hydrogens (tertiary/aromatic N) is 3. The van der Waals surface area contributed by atoms with Crippen LogP contribution < -0.4 is 5.32 Å². The molecule has 1 heterocycles. The first-order valence-electron chi connectivity index (χ1n) is 8.30. The number of thioether (sulfide) groups is 1. The molecular weight excluding hydrogens is 368 g/mol. The quantitative estimate of drug-likeness (QED) is 0.623. The first-order chi connectivity index (χ1) is 12.7. The highest BCUT2D eigenvalue weighted by atomic mass is 35.5. The maximum atomic E-state index is 12.1. The summed E-state index contributed by atoms with van der Waals surface area (Å²) in [6.45, 7) is 3.23. The molecule has 0 aliphatic rings. The molecule has 1 amide bonds. The Morgan fingerprint density at radius 2 is 1.85 bits per heavy atom. The molecule has 0 unspecified atom stereocenters. The van der Waals surface area contributed by atoms with Crippen molar-refractivity contribution in [3.8, 4) is 11.4 Å². The Balaban J connectivity index is 1.63. The molecule has 0 radical (unpaired) electrons. The number of carbonyl (C=O) groups is 1. The van der Waals surface area contributed by atoms with Crippen LogP contribution in [-0.4, -0.2) is 26.4 Å². The van der Waals surface area contributed by atoms with Gasteiger partial charge in [0.2, 0.25) is 5.91 Å². The van der Waals surface area contributed by atoms with E-state index in [1.54, 1.807) is 0 Å². The summed E-state index contributed by atoms with van der Waals surface area (Å²) in [5.41, 5.74) is 1.91. The van der Waals surface area contributed by atoms with Crippen molar-refractivity contribution in [3.05, 3.63) is 65.2 Å². The molecule has 0 bridgehead atoms. The Labute approximate surface area is 161 Å². The molecule has 0 fully saturated rings. The summed E-state index contributed by atoms with van der Waals surface area (Å²) < 4.78 is 1.97. The average Bonchev–Trinajstić information content (AvgIpc) is 3.08. The zero-order valence-electron chi connectivity index (χ0n) is 14.4. The molecule has 0 aliphatic heterocycles. The molecular formula is C19H19ClN4OS. The van der Waals surface area contributed by atoms with Crippen LogP contribution in [0.1, 0.15) is 12.5 Å². The highest BCUT2D eigenvalue weighted by Crippen LogP contribution is 2.29. The average molecular weight is 387 g/mol. The lowest BCUT2D eigenvalue weighted by atomic mass is 10.2. The summed E-state index contributed by atoms with van der Waals surface area (Å²) in [5.74, 6) is 0.960. The SMILES string of the molecule is CCn1c(SCC(=O)NCc2ccccc2)nnc1-c1ccccc1Cl. The molecule has 0 saturated heterocycles. The predicted octanol–water partition coefficient (Wildman–Crippen LogP) is 4.03. The molecule has 3 rings (SSSR count). The van der Waals surface area contributed by atoms with E-state index in [4.69, 9.17) is 11.6 Å². The van der Waals surface area contributed by atoms with Gasteiger partial charge >= 0.3 is 0 Å². The Bertz CT molecular complexity index is 882. The molecule has 5 nitrogen and oxygen atoms in total. The zero-order valence-corrected chi connectivity index (χ0v) is 15.9. The van der Waals surface area contributed by atoms with Crippen LogP contribution in [0.3, 0.4) is 0 Å². The van der Waals surface area contributed by atoms with Crippen LogP contribution >= 0.6 is 23.4 Å². The first kappa shape index (κ1) is 18.5. The van der Waals surface area contributed by atoms with E-state index in [-0.39, 0.29) is 11.7 Å². The van der Waals surface area contributed by atoms with Gasteiger partial charge in [0, 0.05) is 18.7 Å². The Hall–Kier alpha value is -2.31. The number of hydrogen-bond acceptors (Lipinski definition) is 4. The minimum absolute atomic E-state index is 0.0381. The van der Waals surface area contributed by atoms with Gasteiger partial charge in [-0.1, -0.05) is 65.8 Å². The Morgan fingerprint density at radius 3 is 2.58 bits per heavy atom. The fourth-order valence-corrected chi connectivity index (χ4v) is 3.55. The third kappa shape index (κ3) is 4.45. The normalized spacial score (nSPS) is 10.7. The second-order valence-corrected chi connectivity index (χ2v) is 6.93. The summed E-state index contributed by atoms with van der Waals surface area (Å²) >= 11 is 7.64. The molecule has 0 atom stereocenters. The summed E-state index contributed by atoms with van der Waals surface area (Å²) in [6, 6.07) is 17.4. The smallest absolute Gasteiger partial charge is 0.230 e. The van der Waals surface area contributed by atoms with Gasteiger partial charge in [-0.25, -0.2) is 0 Å². The van der Waals surface area contributed by atoms with Gasteiger partial charge in [-0.3, -0.25) is 4.79 Å². The van der Waals surface area contributed by atoms with Crippen LogP contribution in [0.5, 0.6) is 0 Å². The molecule has 0 aliphatic carbocycles. The molecule has 1 N–H and O–H groups in total. The van der Waals surface area contributed by atoms with E-state index in [2.05, 4.69) is 15.5 Å². The van der Waals surface area contributed by atoms with E-state index < -0.39 is 0 Å². The maximum Gasteiger partial charge on any atom is 0.230 e. The number of aromatic nitrogens is 3. The van der Waals surface area contributed by atoms with Crippen LogP contribution in [-0.2, 0) is 17.9 Å². The van der Waals surface area contributed by atoms with Crippen molar-refractivity contribution in [2.45, 2.75) is 25.2 Å². The Morgan fingerprint density at radius 1 is 1.12 bits per heavy atom. The monoisotopic (exact) mass is 386 g/mol. The Kier molecular flexibility index (Phi) is 6.30. The second-order valence-electron chi connectivity index (χ2n) is 5.58. The van der Waals surface area contributed by atoms with Gasteiger partial charge < -0.3 is 9.88 Å². The lowest BCUT2D eigenvalue weighted by molar-refractivity contribution is -0.118. The van der Waals surface area contributed by atoms with Gasteiger partial charge in [0.25, 0.3) is 0 Å². The topological polar surface area (TPSA) is 59.8 Å². The number of amides is 1. The molecule has 1 aromatic heterocycles. The first-order valence-corrected chi connectivity index (χ1v) is 9.67. The summed E-state index contributed by atoms with van der Waals surface area (Å²) in [6.07, 6.45) is 0. The predicted molar refractivity (Wildman–Crippen MR) is 105 cm³/mol. The van der Waals surface area contributed by atoms with Crippen molar-refractivity contribution >= 4 is 29.3 Å². The maximum absolute atomic E-state index is 12.1. The van der Waals surface area contributed by atoms with E-state index in [0.29, 0.717) is 29.1 Å². The van der Waals surface area contributed by atoms with E-state index in [1.807, 2.05) is 66.1 Å². The van der Waals surface area contributed by atoms with Gasteiger partial charge in [-0.2, -0.15) is 0 Å². The molecule has 26 heavy (non-hydrogen) atoms. The van der Waals surface area contributed by atoms with E-state index in [0.717, 1.165) is 11.1 Å². The lowest BCUT2D eigenvalue weighted by Gasteiger charge is -2.08. The molecule has 7 heteroatoms. The van der Waals surface area contributed by atoms with Crippen molar-refractivity contribution in [2.75, 3.05) is 5.75 Å². The number of benzene rings is 2. The summed E-state index contributed by atoms with van der Waals surface area (Å²) in [5, 5.41) is 12.8. The van der Waals surface area contributed by atoms with Gasteiger partial charge in [-0.15, -0.1) is 10.2 Å². The third-order valence-electron chi connectivity index (χ3n) is 3.81. The van der Waals surface area contributed by atoms with Crippen LogP contribution in [0.4, 0.5) is 0 Å². The molecule has 0 spiro atoms. The number of halogens is 1. The van der Waals surface area contributed by atoms with Crippen molar-refractivity contribution in [3.63, 3.8) is 0 Å². The fraction of sp³-hybridized carbons (Fsp3) is 0.211. The van der Waals surface area contributed by atoms with Gasteiger partial charge in [0.05, 0.1) is 10.8 Å². The lowest BCUT2D eigenvalue weighted by Crippen LogP contribution is -2.24. The second kappa shape index (κ2) is 8.87. The van der Waals surface area contributed by atoms with Gasteiger partial charge in [-0.05, 0) is 24.6 Å². The number of hydrogen-bond donors (Lipinski definition) is 1. The highest BCUT2D eigenvalue weighted by Gasteiger charge is 2.16. The summed E-state index contributed by atoms with van der Waals surface area (Å²) in [4.78, 5) is 12.1. The summed E-state index contributed by atoms with van der Waals surface area (Å²) in [7, 11) is 0. The minimum atomic E-state index is -0.0381. The largest absolute Gasteiger partial charge is 0.351 e. The van der Waals surface area contributed by atoms with Crippen LogP contribution in [0, 0.1) is 0 Å². The molecule has 0 saturated carbocycles. The van der Waals surface area contributed by atoms with Crippen molar-refractivity contribution in [1.82, 2.24) is 20.1 Å². The molecule has 134 valence electrons. The van der Waals surface area contributed by atoms with Gasteiger partial charge in [0.15, 0.2) is 11.0 Å². The van der Waals surface area contributed by atoms with E-state index in [9.17, 15) is 4.79 Å². The van der Waals surface area contributed by atoms with Crippen LogP contribution in [0.25, 0.3) is 11.4 Å². The number of rotatable bonds is 7. The zero-order chi connectivity index (χ0) is 18.4. The van der Waals surface area contributed by atoms with Crippen LogP contribution in [0.15, 0.2) is 59.8 Å². The van der Waals surface area contributed by atoms with Crippen molar-refractivity contribution < 1.29 is 4.79 Å². The fourth-order valence-electron chi connectivity index (χ4n) is 2.50. The van der Waals surface area contributed by atoms with Crippen molar-refractivity contribution in [1.29, 1.82) is 0 Å². The van der Waals surface area contributed by atoms with Crippen LogP contribution in [0.2, 0.25) is 5.02 Å². The van der Waals surface area contributed by atoms with E-state index in [1.165, 1.54) is 11.8 Å². The molecule has 3 aromatic rings. The van der Waals surface area contributed by atoms with Crippen molar-refractivity contribution in [2.24, 2.45) is 0 Å². The van der Waals surface area contributed by atoms with E-state index >= 15 is 0 Å². The standard InChI is InChI=1S/C19H19ClN4OS/c1-2-24-18(15-10-6-7-11-16(15)20)22-23-19(24)26-13-17(25)21-12-14-8-4-3-5-9-14/h3-11H,2,12-13H2,1H3,(H,21,25).